The molecule has 0 spiro atoms. The van der Waals surface area contributed by atoms with E-state index in [0.717, 1.165) is 12.1 Å². The SMILES string of the molecule is C[C@H]1COc2c(-c3cc(F)c(N)c(F)c3)ccc3c4conc4c(=O)n1c23. The van der Waals surface area contributed by atoms with Gasteiger partial charge in [0.05, 0.1) is 16.9 Å². The molecule has 2 aromatic carbocycles. The topological polar surface area (TPSA) is 83.3 Å². The van der Waals surface area contributed by atoms with Crippen molar-refractivity contribution < 1.29 is 18.0 Å². The summed E-state index contributed by atoms with van der Waals surface area (Å²) in [4.78, 5) is 12.9. The molecule has 6 nitrogen and oxygen atoms in total. The summed E-state index contributed by atoms with van der Waals surface area (Å²) >= 11 is 0. The molecule has 0 fully saturated rings. The highest BCUT2D eigenvalue weighted by atomic mass is 19.1. The first kappa shape index (κ1) is 15.8. The Hall–Kier alpha value is -3.42. The van der Waals surface area contributed by atoms with Gasteiger partial charge in [0.15, 0.2) is 11.3 Å². The van der Waals surface area contributed by atoms with Crippen LogP contribution in [0.15, 0.2) is 39.8 Å². The van der Waals surface area contributed by atoms with E-state index in [2.05, 4.69) is 5.16 Å². The Bertz CT molecular complexity index is 1290. The molecular formula is C19H13F2N3O3. The summed E-state index contributed by atoms with van der Waals surface area (Å²) in [6, 6.07) is 5.52. The number of nitrogens with two attached hydrogens (primary N) is 1. The fraction of sp³-hybridized carbons (Fsp3) is 0.158. The van der Waals surface area contributed by atoms with E-state index < -0.39 is 17.3 Å². The fourth-order valence-electron chi connectivity index (χ4n) is 3.64. The number of rotatable bonds is 1. The molecule has 0 aliphatic carbocycles. The lowest BCUT2D eigenvalue weighted by Crippen LogP contribution is -2.31. The Morgan fingerprint density at radius 3 is 2.70 bits per heavy atom. The third-order valence-electron chi connectivity index (χ3n) is 4.95. The number of hydrogen-bond donors (Lipinski definition) is 1. The zero-order valence-corrected chi connectivity index (χ0v) is 14.1. The minimum Gasteiger partial charge on any atom is -0.489 e. The Morgan fingerprint density at radius 2 is 1.96 bits per heavy atom. The van der Waals surface area contributed by atoms with Gasteiger partial charge in [-0.05, 0) is 30.7 Å². The molecule has 2 N–H and O–H groups in total. The van der Waals surface area contributed by atoms with Gasteiger partial charge in [0, 0.05) is 10.9 Å². The van der Waals surface area contributed by atoms with E-state index in [9.17, 15) is 13.6 Å². The first-order chi connectivity index (χ1) is 13.0. The number of nitrogens with zero attached hydrogens (tertiary/aromatic N) is 2. The summed E-state index contributed by atoms with van der Waals surface area (Å²) in [5.41, 5.74) is 6.06. The second kappa shape index (κ2) is 5.29. The first-order valence-electron chi connectivity index (χ1n) is 8.30. The number of pyridine rings is 1. The molecule has 5 rings (SSSR count). The number of anilines is 1. The van der Waals surface area contributed by atoms with Crippen molar-refractivity contribution in [3.8, 4) is 16.9 Å². The van der Waals surface area contributed by atoms with Gasteiger partial charge in [0.1, 0.15) is 30.2 Å². The van der Waals surface area contributed by atoms with E-state index in [1.54, 1.807) is 16.7 Å². The van der Waals surface area contributed by atoms with Crippen molar-refractivity contribution in [2.75, 3.05) is 12.3 Å². The minimum absolute atomic E-state index is 0.233. The molecule has 0 unspecified atom stereocenters. The zero-order chi connectivity index (χ0) is 18.9. The third-order valence-corrected chi connectivity index (χ3v) is 4.95. The number of nitrogen functional groups attached to an aromatic ring is 1. The maximum atomic E-state index is 14.0. The number of ether oxygens (including phenoxy) is 1. The van der Waals surface area contributed by atoms with E-state index in [4.69, 9.17) is 15.0 Å². The molecule has 0 bridgehead atoms. The van der Waals surface area contributed by atoms with Crippen LogP contribution in [0, 0.1) is 11.6 Å². The summed E-state index contributed by atoms with van der Waals surface area (Å²) < 4.78 is 40.4. The normalized spacial score (nSPS) is 16.0. The van der Waals surface area contributed by atoms with Crippen molar-refractivity contribution in [1.82, 2.24) is 9.72 Å². The van der Waals surface area contributed by atoms with Gasteiger partial charge in [-0.3, -0.25) is 9.36 Å². The molecule has 8 heteroatoms. The maximum absolute atomic E-state index is 14.0. The minimum atomic E-state index is -0.853. The fourth-order valence-corrected chi connectivity index (χ4v) is 3.64. The van der Waals surface area contributed by atoms with Crippen LogP contribution in [0.3, 0.4) is 0 Å². The zero-order valence-electron chi connectivity index (χ0n) is 14.1. The number of halogens is 2. The lowest BCUT2D eigenvalue weighted by atomic mass is 9.98. The summed E-state index contributed by atoms with van der Waals surface area (Å²) in [6.45, 7) is 2.09. The van der Waals surface area contributed by atoms with Gasteiger partial charge in [-0.15, -0.1) is 0 Å². The number of fused-ring (bicyclic) bond motifs is 2. The second-order valence-corrected chi connectivity index (χ2v) is 6.60. The Balaban J connectivity index is 1.93. The summed E-state index contributed by atoms with van der Waals surface area (Å²) in [5, 5.41) is 5.09. The van der Waals surface area contributed by atoms with Crippen LogP contribution in [-0.2, 0) is 0 Å². The van der Waals surface area contributed by atoms with Crippen LogP contribution in [0.4, 0.5) is 14.5 Å². The maximum Gasteiger partial charge on any atom is 0.281 e. The highest BCUT2D eigenvalue weighted by molar-refractivity contribution is 6.08. The lowest BCUT2D eigenvalue weighted by Gasteiger charge is -2.27. The Morgan fingerprint density at radius 1 is 1.22 bits per heavy atom. The molecule has 1 aliphatic rings. The van der Waals surface area contributed by atoms with Crippen LogP contribution in [0.5, 0.6) is 5.75 Å². The highest BCUT2D eigenvalue weighted by Gasteiger charge is 2.27. The van der Waals surface area contributed by atoms with Crippen LogP contribution in [0.2, 0.25) is 0 Å². The predicted octanol–water partition coefficient (Wildman–Crippen LogP) is 3.62. The van der Waals surface area contributed by atoms with Crippen molar-refractivity contribution in [1.29, 1.82) is 0 Å². The van der Waals surface area contributed by atoms with E-state index in [0.29, 0.717) is 27.6 Å². The molecule has 0 saturated carbocycles. The summed E-state index contributed by atoms with van der Waals surface area (Å²) in [6.07, 6.45) is 1.40. The van der Waals surface area contributed by atoms with E-state index in [-0.39, 0.29) is 29.3 Å². The van der Waals surface area contributed by atoms with Gasteiger partial charge < -0.3 is 15.0 Å². The van der Waals surface area contributed by atoms with Crippen LogP contribution in [0.25, 0.3) is 32.9 Å². The number of hydrogen-bond acceptors (Lipinski definition) is 5. The largest absolute Gasteiger partial charge is 0.489 e. The number of aromatic nitrogens is 2. The molecule has 1 atom stereocenters. The van der Waals surface area contributed by atoms with Crippen molar-refractivity contribution in [2.45, 2.75) is 13.0 Å². The average Bonchev–Trinajstić information content (AvgIpc) is 3.14. The molecule has 0 saturated heterocycles. The predicted molar refractivity (Wildman–Crippen MR) is 95.7 cm³/mol. The molecule has 27 heavy (non-hydrogen) atoms. The van der Waals surface area contributed by atoms with Crippen LogP contribution < -0.4 is 16.0 Å². The van der Waals surface area contributed by atoms with E-state index in [1.165, 1.54) is 6.26 Å². The van der Waals surface area contributed by atoms with Crippen molar-refractivity contribution in [3.05, 3.63) is 52.5 Å². The average molecular weight is 369 g/mol. The van der Waals surface area contributed by atoms with E-state index in [1.807, 2.05) is 6.92 Å². The van der Waals surface area contributed by atoms with Crippen molar-refractivity contribution in [2.24, 2.45) is 0 Å². The Labute approximate surface area is 150 Å². The van der Waals surface area contributed by atoms with Gasteiger partial charge in [-0.1, -0.05) is 11.2 Å². The Kier molecular flexibility index (Phi) is 3.10. The van der Waals surface area contributed by atoms with Crippen LogP contribution >= 0.6 is 0 Å². The summed E-state index contributed by atoms with van der Waals surface area (Å²) in [5.74, 6) is -1.32. The van der Waals surface area contributed by atoms with Crippen LogP contribution in [0.1, 0.15) is 13.0 Å². The molecule has 4 aromatic rings. The molecule has 0 amide bonds. The van der Waals surface area contributed by atoms with Gasteiger partial charge >= 0.3 is 0 Å². The van der Waals surface area contributed by atoms with Gasteiger partial charge in [0.25, 0.3) is 5.56 Å². The van der Waals surface area contributed by atoms with Gasteiger partial charge in [-0.25, -0.2) is 8.78 Å². The van der Waals surface area contributed by atoms with Crippen molar-refractivity contribution >= 4 is 27.5 Å². The van der Waals surface area contributed by atoms with E-state index >= 15 is 0 Å². The third kappa shape index (κ3) is 2.03. The first-order valence-corrected chi connectivity index (χ1v) is 8.30. The molecule has 2 aromatic heterocycles. The van der Waals surface area contributed by atoms with Crippen LogP contribution in [-0.4, -0.2) is 16.3 Å². The molecule has 0 radical (unpaired) electrons. The molecule has 1 aliphatic heterocycles. The molecule has 136 valence electrons. The monoisotopic (exact) mass is 369 g/mol. The lowest BCUT2D eigenvalue weighted by molar-refractivity contribution is 0.246. The number of benzene rings is 2. The second-order valence-electron chi connectivity index (χ2n) is 6.60. The quantitative estimate of drug-likeness (QED) is 0.518. The molecular weight excluding hydrogens is 356 g/mol. The van der Waals surface area contributed by atoms with Crippen molar-refractivity contribution in [3.63, 3.8) is 0 Å². The van der Waals surface area contributed by atoms with Gasteiger partial charge in [-0.2, -0.15) is 0 Å². The standard InChI is InChI=1S/C19H13F2N3O3/c1-8-6-26-18-10(9-4-13(20)15(22)14(21)5-9)2-3-11-12-7-27-23-16(12)19(25)24(8)17(11)18/h2-5,7-8H,6,22H2,1H3/t8-/m0/s1. The smallest absolute Gasteiger partial charge is 0.281 e. The summed E-state index contributed by atoms with van der Waals surface area (Å²) in [7, 11) is 0. The molecule has 3 heterocycles. The highest BCUT2D eigenvalue weighted by Crippen LogP contribution is 2.42. The van der Waals surface area contributed by atoms with Gasteiger partial charge in [0.2, 0.25) is 0 Å².